The molecule has 2 saturated carbocycles. The molecule has 18 heavy (non-hydrogen) atoms. The molecule has 0 aromatic rings. The molecule has 2 aliphatic carbocycles. The molecule has 1 N–H and O–H groups in total. The monoisotopic (exact) mass is 253 g/mol. The van der Waals surface area contributed by atoms with Crippen LogP contribution in [-0.2, 0) is 9.53 Å². The zero-order valence-electron chi connectivity index (χ0n) is 11.9. The average Bonchev–Trinajstić information content (AvgIpc) is 2.27. The second-order valence-electron chi connectivity index (χ2n) is 6.30. The molecule has 2 fully saturated rings. The van der Waals surface area contributed by atoms with Gasteiger partial charge in [-0.3, -0.25) is 4.79 Å². The van der Waals surface area contributed by atoms with Crippen molar-refractivity contribution >= 4 is 5.91 Å². The van der Waals surface area contributed by atoms with Crippen LogP contribution in [0.5, 0.6) is 0 Å². The van der Waals surface area contributed by atoms with Crippen molar-refractivity contribution in [1.82, 2.24) is 5.32 Å². The standard InChI is InChI=1S/C15H27NO2/c1-3-6-14(7-4-8-14)12-16-13(17)11-15(18-2)9-5-10-15/h3-12H2,1-2H3,(H,16,17). The van der Waals surface area contributed by atoms with Gasteiger partial charge in [-0.1, -0.05) is 19.8 Å². The van der Waals surface area contributed by atoms with Crippen LogP contribution >= 0.6 is 0 Å². The van der Waals surface area contributed by atoms with Crippen molar-refractivity contribution in [3.05, 3.63) is 0 Å². The molecule has 1 amide bonds. The van der Waals surface area contributed by atoms with Gasteiger partial charge < -0.3 is 10.1 Å². The molecular weight excluding hydrogens is 226 g/mol. The quantitative estimate of drug-likeness (QED) is 0.757. The van der Waals surface area contributed by atoms with Gasteiger partial charge in [0.1, 0.15) is 0 Å². The number of rotatable bonds is 7. The highest BCUT2D eigenvalue weighted by molar-refractivity contribution is 5.77. The summed E-state index contributed by atoms with van der Waals surface area (Å²) in [7, 11) is 1.73. The minimum absolute atomic E-state index is 0.137. The molecule has 0 aromatic heterocycles. The Hall–Kier alpha value is -0.570. The van der Waals surface area contributed by atoms with Gasteiger partial charge in [-0.05, 0) is 43.9 Å². The summed E-state index contributed by atoms with van der Waals surface area (Å²) in [5.41, 5.74) is 0.284. The van der Waals surface area contributed by atoms with Gasteiger partial charge in [0.2, 0.25) is 5.91 Å². The van der Waals surface area contributed by atoms with Crippen molar-refractivity contribution in [2.45, 2.75) is 70.3 Å². The highest BCUT2D eigenvalue weighted by Gasteiger charge is 2.40. The number of hydrogen-bond acceptors (Lipinski definition) is 2. The Balaban J connectivity index is 1.74. The maximum atomic E-state index is 12.0. The molecule has 0 aromatic carbocycles. The van der Waals surface area contributed by atoms with Gasteiger partial charge in [0, 0.05) is 13.7 Å². The molecule has 0 unspecified atom stereocenters. The van der Waals surface area contributed by atoms with E-state index in [0.717, 1.165) is 19.4 Å². The highest BCUT2D eigenvalue weighted by atomic mass is 16.5. The smallest absolute Gasteiger partial charge is 0.222 e. The van der Waals surface area contributed by atoms with Gasteiger partial charge >= 0.3 is 0 Å². The maximum absolute atomic E-state index is 12.0. The molecule has 2 rings (SSSR count). The Bertz CT molecular complexity index is 287. The molecule has 0 atom stereocenters. The van der Waals surface area contributed by atoms with Crippen LogP contribution in [0.4, 0.5) is 0 Å². The van der Waals surface area contributed by atoms with E-state index in [1.165, 1.54) is 38.5 Å². The average molecular weight is 253 g/mol. The molecule has 3 nitrogen and oxygen atoms in total. The topological polar surface area (TPSA) is 38.3 Å². The summed E-state index contributed by atoms with van der Waals surface area (Å²) in [5, 5.41) is 3.15. The summed E-state index contributed by atoms with van der Waals surface area (Å²) in [6.45, 7) is 3.11. The normalized spacial score (nSPS) is 23.9. The van der Waals surface area contributed by atoms with E-state index in [4.69, 9.17) is 4.74 Å². The number of carbonyl (C=O) groups excluding carboxylic acids is 1. The van der Waals surface area contributed by atoms with E-state index in [0.29, 0.717) is 11.8 Å². The Kier molecular flexibility index (Phi) is 4.31. The van der Waals surface area contributed by atoms with Gasteiger partial charge in [0.15, 0.2) is 0 Å². The lowest BCUT2D eigenvalue weighted by Crippen LogP contribution is -2.47. The third kappa shape index (κ3) is 2.87. The molecule has 0 saturated heterocycles. The minimum Gasteiger partial charge on any atom is -0.378 e. The first kappa shape index (κ1) is 13.9. The molecule has 0 spiro atoms. The van der Waals surface area contributed by atoms with Gasteiger partial charge in [-0.25, -0.2) is 0 Å². The van der Waals surface area contributed by atoms with Crippen molar-refractivity contribution in [2.75, 3.05) is 13.7 Å². The fraction of sp³-hybridized carbons (Fsp3) is 0.933. The van der Waals surface area contributed by atoms with Gasteiger partial charge in [-0.15, -0.1) is 0 Å². The lowest BCUT2D eigenvalue weighted by atomic mass is 9.66. The van der Waals surface area contributed by atoms with Crippen LogP contribution in [-0.4, -0.2) is 25.2 Å². The van der Waals surface area contributed by atoms with E-state index in [2.05, 4.69) is 12.2 Å². The lowest BCUT2D eigenvalue weighted by molar-refractivity contribution is -0.135. The van der Waals surface area contributed by atoms with E-state index in [-0.39, 0.29) is 11.5 Å². The Morgan fingerprint density at radius 1 is 1.22 bits per heavy atom. The number of ether oxygens (including phenoxy) is 1. The van der Waals surface area contributed by atoms with Crippen LogP contribution in [0.25, 0.3) is 0 Å². The Morgan fingerprint density at radius 2 is 1.89 bits per heavy atom. The largest absolute Gasteiger partial charge is 0.378 e. The molecule has 3 heteroatoms. The Labute approximate surface area is 111 Å². The number of methoxy groups -OCH3 is 1. The Morgan fingerprint density at radius 3 is 2.28 bits per heavy atom. The maximum Gasteiger partial charge on any atom is 0.222 e. The first-order valence-electron chi connectivity index (χ1n) is 7.46. The van der Waals surface area contributed by atoms with E-state index < -0.39 is 0 Å². The fourth-order valence-corrected chi connectivity index (χ4v) is 3.39. The first-order chi connectivity index (χ1) is 8.64. The van der Waals surface area contributed by atoms with Crippen LogP contribution in [0, 0.1) is 5.41 Å². The number of nitrogens with one attached hydrogen (secondary N) is 1. The molecule has 0 radical (unpaired) electrons. The third-order valence-electron chi connectivity index (χ3n) is 5.04. The molecule has 0 bridgehead atoms. The first-order valence-corrected chi connectivity index (χ1v) is 7.46. The van der Waals surface area contributed by atoms with E-state index in [1.807, 2.05) is 0 Å². The zero-order valence-corrected chi connectivity index (χ0v) is 11.9. The van der Waals surface area contributed by atoms with Crippen LogP contribution in [0.1, 0.15) is 64.7 Å². The predicted octanol–water partition coefficient (Wildman–Crippen LogP) is 3.03. The summed E-state index contributed by atoms with van der Waals surface area (Å²) < 4.78 is 5.50. The van der Waals surface area contributed by atoms with Crippen molar-refractivity contribution in [1.29, 1.82) is 0 Å². The minimum atomic E-state index is -0.137. The fourth-order valence-electron chi connectivity index (χ4n) is 3.39. The van der Waals surface area contributed by atoms with Gasteiger partial charge in [0.25, 0.3) is 0 Å². The summed E-state index contributed by atoms with van der Waals surface area (Å²) in [6.07, 6.45) is 10.2. The van der Waals surface area contributed by atoms with Crippen molar-refractivity contribution in [2.24, 2.45) is 5.41 Å². The second kappa shape index (κ2) is 5.60. The van der Waals surface area contributed by atoms with Crippen molar-refractivity contribution in [3.63, 3.8) is 0 Å². The molecule has 2 aliphatic rings. The van der Waals surface area contributed by atoms with E-state index in [9.17, 15) is 4.79 Å². The third-order valence-corrected chi connectivity index (χ3v) is 5.04. The molecule has 0 aliphatic heterocycles. The van der Waals surface area contributed by atoms with Crippen LogP contribution in [0.15, 0.2) is 0 Å². The summed E-state index contributed by atoms with van der Waals surface area (Å²) in [4.78, 5) is 12.0. The highest BCUT2D eigenvalue weighted by Crippen LogP contribution is 2.44. The van der Waals surface area contributed by atoms with Gasteiger partial charge in [0.05, 0.1) is 12.0 Å². The lowest BCUT2D eigenvalue weighted by Gasteiger charge is -2.43. The zero-order chi connectivity index (χ0) is 13.1. The summed E-state index contributed by atoms with van der Waals surface area (Å²) in [6, 6.07) is 0. The number of amides is 1. The number of carbonyl (C=O) groups is 1. The molecule has 104 valence electrons. The summed E-state index contributed by atoms with van der Waals surface area (Å²) >= 11 is 0. The SMILES string of the molecule is CCCC1(CNC(=O)CC2(OC)CCC2)CCC1. The molecular formula is C15H27NO2. The van der Waals surface area contributed by atoms with Gasteiger partial charge in [-0.2, -0.15) is 0 Å². The predicted molar refractivity (Wildman–Crippen MR) is 72.4 cm³/mol. The van der Waals surface area contributed by atoms with E-state index in [1.54, 1.807) is 7.11 Å². The van der Waals surface area contributed by atoms with Crippen molar-refractivity contribution < 1.29 is 9.53 Å². The molecule has 0 heterocycles. The van der Waals surface area contributed by atoms with Crippen LogP contribution in [0.3, 0.4) is 0 Å². The van der Waals surface area contributed by atoms with Crippen LogP contribution < -0.4 is 5.32 Å². The van der Waals surface area contributed by atoms with E-state index >= 15 is 0 Å². The second-order valence-corrected chi connectivity index (χ2v) is 6.30. The summed E-state index contributed by atoms with van der Waals surface area (Å²) in [5.74, 6) is 0.180. The van der Waals surface area contributed by atoms with Crippen LogP contribution in [0.2, 0.25) is 0 Å². The van der Waals surface area contributed by atoms with Crippen molar-refractivity contribution in [3.8, 4) is 0 Å². The number of hydrogen-bond donors (Lipinski definition) is 1.